The van der Waals surface area contributed by atoms with Crippen LogP contribution in [0.15, 0.2) is 18.2 Å². The summed E-state index contributed by atoms with van der Waals surface area (Å²) in [5.41, 5.74) is 4.58. The zero-order valence-electron chi connectivity index (χ0n) is 13.5. The van der Waals surface area contributed by atoms with Gasteiger partial charge in [0.2, 0.25) is 0 Å². The highest BCUT2D eigenvalue weighted by Gasteiger charge is 2.11. The standard InChI is InChI=1S/C18H25ClN2/c1-5-6-9-20-11-14-10-17(12(2)3)21-18-13(4)16(19)8-7-15(14)18/h7-8,10,12,20H,5-6,9,11H2,1-4H3. The Kier molecular flexibility index (Phi) is 5.60. The summed E-state index contributed by atoms with van der Waals surface area (Å²) in [5.74, 6) is 0.419. The van der Waals surface area contributed by atoms with E-state index in [9.17, 15) is 0 Å². The molecule has 21 heavy (non-hydrogen) atoms. The molecule has 0 saturated carbocycles. The van der Waals surface area contributed by atoms with E-state index in [1.54, 1.807) is 0 Å². The van der Waals surface area contributed by atoms with Gasteiger partial charge < -0.3 is 5.32 Å². The second-order valence-corrected chi connectivity index (χ2v) is 6.37. The van der Waals surface area contributed by atoms with Crippen LogP contribution in [0.4, 0.5) is 0 Å². The largest absolute Gasteiger partial charge is 0.313 e. The Labute approximate surface area is 132 Å². The summed E-state index contributed by atoms with van der Waals surface area (Å²) in [6.07, 6.45) is 2.43. The van der Waals surface area contributed by atoms with Gasteiger partial charge in [-0.2, -0.15) is 0 Å². The molecule has 1 heterocycles. The van der Waals surface area contributed by atoms with E-state index in [1.165, 1.54) is 23.8 Å². The van der Waals surface area contributed by atoms with Crippen molar-refractivity contribution in [2.45, 2.75) is 53.0 Å². The second-order valence-electron chi connectivity index (χ2n) is 5.96. The summed E-state index contributed by atoms with van der Waals surface area (Å²) < 4.78 is 0. The van der Waals surface area contributed by atoms with Gasteiger partial charge in [-0.15, -0.1) is 0 Å². The van der Waals surface area contributed by atoms with Gasteiger partial charge in [-0.25, -0.2) is 0 Å². The Morgan fingerprint density at radius 1 is 1.29 bits per heavy atom. The SMILES string of the molecule is CCCCNCc1cc(C(C)C)nc2c(C)c(Cl)ccc12. The third-order valence-electron chi connectivity index (χ3n) is 3.89. The zero-order valence-corrected chi connectivity index (χ0v) is 14.2. The van der Waals surface area contributed by atoms with Gasteiger partial charge >= 0.3 is 0 Å². The van der Waals surface area contributed by atoms with Crippen LogP contribution < -0.4 is 5.32 Å². The quantitative estimate of drug-likeness (QED) is 0.741. The highest BCUT2D eigenvalue weighted by Crippen LogP contribution is 2.28. The van der Waals surface area contributed by atoms with Crippen LogP contribution in [0.5, 0.6) is 0 Å². The number of hydrogen-bond donors (Lipinski definition) is 1. The molecule has 0 fully saturated rings. The first-order valence-corrected chi connectivity index (χ1v) is 8.21. The molecule has 1 N–H and O–H groups in total. The molecule has 0 bridgehead atoms. The summed E-state index contributed by atoms with van der Waals surface area (Å²) in [5, 5.41) is 5.54. The molecule has 0 aliphatic carbocycles. The fourth-order valence-electron chi connectivity index (χ4n) is 2.46. The average Bonchev–Trinajstić information content (AvgIpc) is 2.47. The Bertz CT molecular complexity index is 620. The van der Waals surface area contributed by atoms with E-state index in [2.05, 4.69) is 45.1 Å². The van der Waals surface area contributed by atoms with Gasteiger partial charge in [0.1, 0.15) is 0 Å². The molecular weight excluding hydrogens is 280 g/mol. The van der Waals surface area contributed by atoms with Gasteiger partial charge in [-0.3, -0.25) is 4.98 Å². The first-order chi connectivity index (χ1) is 10.0. The van der Waals surface area contributed by atoms with Gasteiger partial charge in [-0.1, -0.05) is 44.9 Å². The summed E-state index contributed by atoms with van der Waals surface area (Å²) in [6.45, 7) is 10.6. The third kappa shape index (κ3) is 3.75. The summed E-state index contributed by atoms with van der Waals surface area (Å²) in [6, 6.07) is 6.31. The number of nitrogens with one attached hydrogen (secondary N) is 1. The number of hydrogen-bond acceptors (Lipinski definition) is 2. The number of nitrogens with zero attached hydrogens (tertiary/aromatic N) is 1. The van der Waals surface area contributed by atoms with Crippen LogP contribution in [0.1, 0.15) is 56.4 Å². The number of aryl methyl sites for hydroxylation is 1. The van der Waals surface area contributed by atoms with Gasteiger partial charge in [0.25, 0.3) is 0 Å². The molecule has 0 aliphatic rings. The molecule has 2 aromatic rings. The molecule has 1 aromatic carbocycles. The van der Waals surface area contributed by atoms with Crippen molar-refractivity contribution in [1.29, 1.82) is 0 Å². The number of halogens is 1. The van der Waals surface area contributed by atoms with E-state index < -0.39 is 0 Å². The number of unbranched alkanes of at least 4 members (excludes halogenated alkanes) is 1. The van der Waals surface area contributed by atoms with Crippen LogP contribution in [-0.2, 0) is 6.54 Å². The van der Waals surface area contributed by atoms with Crippen LogP contribution in [0, 0.1) is 6.92 Å². The lowest BCUT2D eigenvalue weighted by Crippen LogP contribution is -2.15. The Morgan fingerprint density at radius 2 is 2.05 bits per heavy atom. The molecular formula is C18H25ClN2. The number of benzene rings is 1. The molecule has 0 saturated heterocycles. The minimum atomic E-state index is 0.419. The minimum Gasteiger partial charge on any atom is -0.313 e. The number of rotatable bonds is 6. The molecule has 3 heteroatoms. The summed E-state index contributed by atoms with van der Waals surface area (Å²) >= 11 is 6.26. The van der Waals surface area contributed by atoms with Crippen LogP contribution in [-0.4, -0.2) is 11.5 Å². The van der Waals surface area contributed by atoms with E-state index in [0.717, 1.165) is 34.9 Å². The third-order valence-corrected chi connectivity index (χ3v) is 4.30. The van der Waals surface area contributed by atoms with Crippen LogP contribution in [0.25, 0.3) is 10.9 Å². The molecule has 0 radical (unpaired) electrons. The molecule has 0 atom stereocenters. The first kappa shape index (κ1) is 16.3. The van der Waals surface area contributed by atoms with E-state index in [-0.39, 0.29) is 0 Å². The van der Waals surface area contributed by atoms with E-state index in [4.69, 9.17) is 16.6 Å². The molecule has 2 rings (SSSR count). The number of pyridine rings is 1. The lowest BCUT2D eigenvalue weighted by molar-refractivity contribution is 0.642. The summed E-state index contributed by atoms with van der Waals surface area (Å²) in [4.78, 5) is 4.83. The van der Waals surface area contributed by atoms with Crippen molar-refractivity contribution in [3.63, 3.8) is 0 Å². The van der Waals surface area contributed by atoms with Crippen molar-refractivity contribution in [3.8, 4) is 0 Å². The Balaban J connectivity index is 2.44. The van der Waals surface area contributed by atoms with Crippen molar-refractivity contribution in [2.24, 2.45) is 0 Å². The number of aromatic nitrogens is 1. The van der Waals surface area contributed by atoms with E-state index >= 15 is 0 Å². The maximum absolute atomic E-state index is 6.26. The number of fused-ring (bicyclic) bond motifs is 1. The molecule has 2 nitrogen and oxygen atoms in total. The van der Waals surface area contributed by atoms with E-state index in [0.29, 0.717) is 5.92 Å². The fourth-order valence-corrected chi connectivity index (χ4v) is 2.62. The predicted molar refractivity (Wildman–Crippen MR) is 92.2 cm³/mol. The van der Waals surface area contributed by atoms with Crippen molar-refractivity contribution in [1.82, 2.24) is 10.3 Å². The van der Waals surface area contributed by atoms with Crippen LogP contribution in [0.3, 0.4) is 0 Å². The van der Waals surface area contributed by atoms with Gasteiger partial charge in [-0.05, 0) is 49.1 Å². The lowest BCUT2D eigenvalue weighted by Gasteiger charge is -2.14. The van der Waals surface area contributed by atoms with Crippen LogP contribution in [0.2, 0.25) is 5.02 Å². The van der Waals surface area contributed by atoms with Gasteiger partial charge in [0, 0.05) is 22.6 Å². The zero-order chi connectivity index (χ0) is 15.4. The predicted octanol–water partition coefficient (Wildman–Crippen LogP) is 5.21. The minimum absolute atomic E-state index is 0.419. The normalized spacial score (nSPS) is 11.5. The van der Waals surface area contributed by atoms with Crippen molar-refractivity contribution >= 4 is 22.5 Å². The van der Waals surface area contributed by atoms with E-state index in [1.807, 2.05) is 6.07 Å². The summed E-state index contributed by atoms with van der Waals surface area (Å²) in [7, 11) is 0. The maximum Gasteiger partial charge on any atom is 0.0752 e. The van der Waals surface area contributed by atoms with Crippen molar-refractivity contribution < 1.29 is 0 Å². The van der Waals surface area contributed by atoms with Crippen molar-refractivity contribution in [3.05, 3.63) is 40.0 Å². The molecule has 0 spiro atoms. The monoisotopic (exact) mass is 304 g/mol. The van der Waals surface area contributed by atoms with Gasteiger partial charge in [0.15, 0.2) is 0 Å². The second kappa shape index (κ2) is 7.24. The topological polar surface area (TPSA) is 24.9 Å². The Morgan fingerprint density at radius 3 is 2.71 bits per heavy atom. The molecule has 1 aromatic heterocycles. The fraction of sp³-hybridized carbons (Fsp3) is 0.500. The highest BCUT2D eigenvalue weighted by atomic mass is 35.5. The molecule has 0 amide bonds. The maximum atomic E-state index is 6.26. The Hall–Kier alpha value is -1.12. The van der Waals surface area contributed by atoms with Crippen molar-refractivity contribution in [2.75, 3.05) is 6.54 Å². The lowest BCUT2D eigenvalue weighted by atomic mass is 10.0. The average molecular weight is 305 g/mol. The highest BCUT2D eigenvalue weighted by molar-refractivity contribution is 6.32. The molecule has 114 valence electrons. The first-order valence-electron chi connectivity index (χ1n) is 7.84. The smallest absolute Gasteiger partial charge is 0.0752 e. The molecule has 0 unspecified atom stereocenters. The van der Waals surface area contributed by atoms with Crippen LogP contribution >= 0.6 is 11.6 Å². The molecule has 0 aliphatic heterocycles. The van der Waals surface area contributed by atoms with Gasteiger partial charge in [0.05, 0.1) is 5.52 Å².